The summed E-state index contributed by atoms with van der Waals surface area (Å²) < 4.78 is 22.4. The minimum atomic E-state index is -3.23. The van der Waals surface area contributed by atoms with Crippen LogP contribution in [0.1, 0.15) is 18.4 Å². The van der Waals surface area contributed by atoms with E-state index in [0.29, 0.717) is 5.56 Å². The Morgan fingerprint density at radius 3 is 2.00 bits per heavy atom. The molecule has 4 unspecified atom stereocenters. The minimum Gasteiger partial charge on any atom is -0.481 e. The lowest BCUT2D eigenvalue weighted by molar-refractivity contribution is -0.142. The van der Waals surface area contributed by atoms with Gasteiger partial charge in [0.15, 0.2) is 8.03 Å². The number of hydrogen-bond acceptors (Lipinski definition) is 4. The summed E-state index contributed by atoms with van der Waals surface area (Å²) in [6.45, 7) is 0. The van der Waals surface area contributed by atoms with Crippen molar-refractivity contribution in [3.63, 3.8) is 0 Å². The van der Waals surface area contributed by atoms with Crippen molar-refractivity contribution >= 4 is 33.3 Å². The Balaban J connectivity index is 2.95. The molecule has 0 aliphatic carbocycles. The van der Waals surface area contributed by atoms with Gasteiger partial charge in [0, 0.05) is 17.4 Å². The molecule has 10 heteroatoms. The number of rotatable bonds is 9. The molecule has 4 N–H and O–H groups in total. The molecule has 0 radical (unpaired) electrons. The van der Waals surface area contributed by atoms with Crippen molar-refractivity contribution in [3.05, 3.63) is 29.8 Å². The average molecular weight is 364 g/mol. The Bertz CT molecular complexity index is 613. The highest BCUT2D eigenvalue weighted by atomic mass is 31.1. The van der Waals surface area contributed by atoms with E-state index in [4.69, 9.17) is 10.00 Å². The fourth-order valence-electron chi connectivity index (χ4n) is 2.21. The number of hydrogen-bond donors (Lipinski definition) is 4. The second-order valence-electron chi connectivity index (χ2n) is 5.03. The predicted molar refractivity (Wildman–Crippen MR) is 84.0 cm³/mol. The molecular formula is C13H18O8P2. The first-order valence-electron chi connectivity index (χ1n) is 6.72. The van der Waals surface area contributed by atoms with Gasteiger partial charge in [0.1, 0.15) is 0 Å². The summed E-state index contributed by atoms with van der Waals surface area (Å²) in [5.74, 6) is -3.66. The highest BCUT2D eigenvalue weighted by Gasteiger charge is 2.32. The molecule has 1 aromatic carbocycles. The average Bonchev–Trinajstić information content (AvgIpc) is 2.45. The summed E-state index contributed by atoms with van der Waals surface area (Å²) in [6.07, 6.45) is -0.664. The second-order valence-corrected chi connectivity index (χ2v) is 7.63. The van der Waals surface area contributed by atoms with Gasteiger partial charge in [-0.1, -0.05) is 12.1 Å². The standard InChI is InChI=1S/C13H18O8P2/c14-12(15)6-5-11(23(20)21)10(13(16)17)7-8-1-3-9(4-2-8)22(18)19/h1-4,10-11,22-23H,5-7H2,(H,14,15)(H,16,17)(H,18,19)(H,20,21). The molecule has 0 bridgehead atoms. The number of aliphatic carboxylic acids is 2. The normalized spacial score (nSPS) is 16.3. The van der Waals surface area contributed by atoms with Gasteiger partial charge in [-0.15, -0.1) is 0 Å². The molecule has 0 aromatic heterocycles. The van der Waals surface area contributed by atoms with Gasteiger partial charge in [-0.05, 0) is 30.5 Å². The van der Waals surface area contributed by atoms with Crippen LogP contribution in [0.3, 0.4) is 0 Å². The number of carboxylic acids is 2. The summed E-state index contributed by atoms with van der Waals surface area (Å²) in [5, 5.41) is 18.2. The minimum absolute atomic E-state index is 0.0662. The maximum Gasteiger partial charge on any atom is 0.307 e. The van der Waals surface area contributed by atoms with Crippen LogP contribution in [0.15, 0.2) is 24.3 Å². The lowest BCUT2D eigenvalue weighted by atomic mass is 9.93. The van der Waals surface area contributed by atoms with Crippen molar-refractivity contribution in [1.29, 1.82) is 0 Å². The Labute approximate surface area is 133 Å². The van der Waals surface area contributed by atoms with Crippen LogP contribution in [0, 0.1) is 5.92 Å². The van der Waals surface area contributed by atoms with Crippen LogP contribution in [0.2, 0.25) is 0 Å². The van der Waals surface area contributed by atoms with Crippen molar-refractivity contribution in [1.82, 2.24) is 0 Å². The molecule has 1 aromatic rings. The Hall–Kier alpha value is -1.46. The molecular weight excluding hydrogens is 346 g/mol. The van der Waals surface area contributed by atoms with E-state index in [1.54, 1.807) is 0 Å². The molecule has 0 aliphatic rings. The summed E-state index contributed by atoms with van der Waals surface area (Å²) in [6, 6.07) is 5.74. The first kappa shape index (κ1) is 19.6. The Kier molecular flexibility index (Phi) is 7.65. The fourth-order valence-corrected chi connectivity index (χ4v) is 3.66. The number of carbonyl (C=O) groups is 2. The molecule has 0 spiro atoms. The predicted octanol–water partition coefficient (Wildman–Crippen LogP) is 0.723. The maximum atomic E-state index is 11.5. The highest BCUT2D eigenvalue weighted by molar-refractivity contribution is 7.47. The summed E-state index contributed by atoms with van der Waals surface area (Å²) in [5.41, 5.74) is -0.627. The molecule has 0 saturated heterocycles. The quantitative estimate of drug-likeness (QED) is 0.468. The van der Waals surface area contributed by atoms with E-state index in [-0.39, 0.29) is 18.1 Å². The van der Waals surface area contributed by atoms with Gasteiger partial charge in [0.25, 0.3) is 0 Å². The SMILES string of the molecule is O=C(O)CCC(C(Cc1ccc([PH](=O)O)cc1)C(=O)O)[PH](=O)O. The topological polar surface area (TPSA) is 149 Å². The van der Waals surface area contributed by atoms with Crippen molar-refractivity contribution in [2.45, 2.75) is 24.9 Å². The molecule has 0 aliphatic heterocycles. The van der Waals surface area contributed by atoms with Gasteiger partial charge >= 0.3 is 11.9 Å². The second kappa shape index (κ2) is 8.99. The van der Waals surface area contributed by atoms with Crippen LogP contribution in [0.25, 0.3) is 0 Å². The molecule has 0 amide bonds. The highest BCUT2D eigenvalue weighted by Crippen LogP contribution is 2.35. The fraction of sp³-hybridized carbons (Fsp3) is 0.385. The molecule has 8 nitrogen and oxygen atoms in total. The van der Waals surface area contributed by atoms with Gasteiger partial charge in [0.05, 0.1) is 5.92 Å². The number of carboxylic acid groups (broad SMARTS) is 2. The van der Waals surface area contributed by atoms with Gasteiger partial charge in [0.2, 0.25) is 8.03 Å². The third-order valence-corrected chi connectivity index (χ3v) is 5.60. The van der Waals surface area contributed by atoms with Crippen LogP contribution in [-0.2, 0) is 25.1 Å². The van der Waals surface area contributed by atoms with E-state index < -0.39 is 46.0 Å². The largest absolute Gasteiger partial charge is 0.481 e. The zero-order valence-electron chi connectivity index (χ0n) is 12.0. The summed E-state index contributed by atoms with van der Waals surface area (Å²) >= 11 is 0. The monoisotopic (exact) mass is 364 g/mol. The van der Waals surface area contributed by atoms with E-state index in [9.17, 15) is 28.7 Å². The van der Waals surface area contributed by atoms with Gasteiger partial charge in [-0.2, -0.15) is 0 Å². The molecule has 0 fully saturated rings. The van der Waals surface area contributed by atoms with E-state index in [1.807, 2.05) is 0 Å². The van der Waals surface area contributed by atoms with E-state index in [2.05, 4.69) is 0 Å². The van der Waals surface area contributed by atoms with Crippen LogP contribution in [-0.4, -0.2) is 37.6 Å². The number of benzene rings is 1. The van der Waals surface area contributed by atoms with Crippen molar-refractivity contribution in [3.8, 4) is 0 Å². The van der Waals surface area contributed by atoms with Crippen molar-refractivity contribution < 1.29 is 38.7 Å². The van der Waals surface area contributed by atoms with Crippen molar-refractivity contribution in [2.75, 3.05) is 0 Å². The third kappa shape index (κ3) is 6.28. The van der Waals surface area contributed by atoms with Crippen LogP contribution in [0.5, 0.6) is 0 Å². The third-order valence-electron chi connectivity index (χ3n) is 3.45. The van der Waals surface area contributed by atoms with Crippen LogP contribution in [0.4, 0.5) is 0 Å². The van der Waals surface area contributed by atoms with Crippen molar-refractivity contribution in [2.24, 2.45) is 5.92 Å². The Morgan fingerprint density at radius 1 is 1.04 bits per heavy atom. The summed E-state index contributed by atoms with van der Waals surface area (Å²) in [7, 11) is -6.07. The lowest BCUT2D eigenvalue weighted by Crippen LogP contribution is -2.28. The molecule has 128 valence electrons. The molecule has 23 heavy (non-hydrogen) atoms. The Morgan fingerprint density at radius 2 is 1.61 bits per heavy atom. The molecule has 0 saturated carbocycles. The maximum absolute atomic E-state index is 11.5. The molecule has 0 heterocycles. The van der Waals surface area contributed by atoms with Gasteiger partial charge < -0.3 is 20.0 Å². The van der Waals surface area contributed by atoms with E-state index >= 15 is 0 Å². The molecule has 1 rings (SSSR count). The smallest absolute Gasteiger partial charge is 0.307 e. The lowest BCUT2D eigenvalue weighted by Gasteiger charge is -2.21. The van der Waals surface area contributed by atoms with Gasteiger partial charge in [-0.3, -0.25) is 18.7 Å². The summed E-state index contributed by atoms with van der Waals surface area (Å²) in [4.78, 5) is 40.4. The zero-order chi connectivity index (χ0) is 17.6. The van der Waals surface area contributed by atoms with E-state index in [0.717, 1.165) is 0 Å². The molecule has 4 atom stereocenters. The zero-order valence-corrected chi connectivity index (χ0v) is 14.0. The first-order chi connectivity index (χ1) is 10.7. The van der Waals surface area contributed by atoms with Gasteiger partial charge in [-0.25, -0.2) is 0 Å². The van der Waals surface area contributed by atoms with E-state index in [1.165, 1.54) is 24.3 Å². The van der Waals surface area contributed by atoms with Crippen LogP contribution >= 0.6 is 16.1 Å². The first-order valence-corrected chi connectivity index (χ1v) is 9.50. The van der Waals surface area contributed by atoms with Crippen LogP contribution < -0.4 is 5.30 Å².